The van der Waals surface area contributed by atoms with Crippen LogP contribution in [0.1, 0.15) is 19.3 Å². The summed E-state index contributed by atoms with van der Waals surface area (Å²) in [5, 5.41) is 0.845. The Labute approximate surface area is 69.1 Å². The molecule has 3 heteroatoms. The summed E-state index contributed by atoms with van der Waals surface area (Å²) in [6, 6.07) is 0. The van der Waals surface area contributed by atoms with Crippen LogP contribution >= 0.6 is 15.9 Å². The SMILES string of the molecule is O=CC1CCCC(CBr)O1. The molecule has 0 aliphatic carbocycles. The van der Waals surface area contributed by atoms with Crippen molar-refractivity contribution in [3.05, 3.63) is 0 Å². The van der Waals surface area contributed by atoms with Gasteiger partial charge in [-0.15, -0.1) is 0 Å². The molecule has 0 aromatic carbocycles. The van der Waals surface area contributed by atoms with Gasteiger partial charge in [-0.3, -0.25) is 0 Å². The number of hydrogen-bond acceptors (Lipinski definition) is 2. The highest BCUT2D eigenvalue weighted by Crippen LogP contribution is 2.18. The average molecular weight is 207 g/mol. The van der Waals surface area contributed by atoms with Crippen molar-refractivity contribution in [1.82, 2.24) is 0 Å². The van der Waals surface area contributed by atoms with Gasteiger partial charge in [-0.2, -0.15) is 0 Å². The molecule has 1 heterocycles. The number of rotatable bonds is 2. The molecular formula is C7H11BrO2. The summed E-state index contributed by atoms with van der Waals surface area (Å²) in [7, 11) is 0. The maximum atomic E-state index is 10.3. The van der Waals surface area contributed by atoms with Crippen LogP contribution in [0.15, 0.2) is 0 Å². The summed E-state index contributed by atoms with van der Waals surface area (Å²) in [6.45, 7) is 0. The summed E-state index contributed by atoms with van der Waals surface area (Å²) >= 11 is 3.33. The third kappa shape index (κ3) is 2.06. The Hall–Kier alpha value is 0.110. The Morgan fingerprint density at radius 2 is 2.40 bits per heavy atom. The van der Waals surface area contributed by atoms with Crippen LogP contribution in [0, 0.1) is 0 Å². The van der Waals surface area contributed by atoms with E-state index in [0.717, 1.165) is 30.9 Å². The van der Waals surface area contributed by atoms with Crippen molar-refractivity contribution in [2.75, 3.05) is 5.33 Å². The van der Waals surface area contributed by atoms with Crippen LogP contribution in [0.3, 0.4) is 0 Å². The number of ether oxygens (including phenoxy) is 1. The second-order valence-corrected chi connectivity index (χ2v) is 3.17. The maximum absolute atomic E-state index is 10.3. The van der Waals surface area contributed by atoms with Gasteiger partial charge in [0.1, 0.15) is 12.4 Å². The quantitative estimate of drug-likeness (QED) is 0.506. The lowest BCUT2D eigenvalue weighted by Crippen LogP contribution is -2.29. The molecule has 0 amide bonds. The number of carbonyl (C=O) groups excluding carboxylic acids is 1. The van der Waals surface area contributed by atoms with E-state index in [9.17, 15) is 4.79 Å². The lowest BCUT2D eigenvalue weighted by atomic mass is 10.1. The summed E-state index contributed by atoms with van der Waals surface area (Å²) in [4.78, 5) is 10.3. The highest BCUT2D eigenvalue weighted by atomic mass is 79.9. The van der Waals surface area contributed by atoms with E-state index in [4.69, 9.17) is 4.74 Å². The minimum atomic E-state index is -0.142. The van der Waals surface area contributed by atoms with Crippen molar-refractivity contribution in [2.24, 2.45) is 0 Å². The normalized spacial score (nSPS) is 33.7. The van der Waals surface area contributed by atoms with E-state index in [0.29, 0.717) is 0 Å². The van der Waals surface area contributed by atoms with Crippen LogP contribution in [0.2, 0.25) is 0 Å². The molecule has 0 aromatic heterocycles. The molecular weight excluding hydrogens is 196 g/mol. The molecule has 0 radical (unpaired) electrons. The van der Waals surface area contributed by atoms with Crippen molar-refractivity contribution in [1.29, 1.82) is 0 Å². The fourth-order valence-corrected chi connectivity index (χ4v) is 1.62. The first kappa shape index (κ1) is 8.21. The topological polar surface area (TPSA) is 26.3 Å². The number of halogens is 1. The zero-order valence-electron chi connectivity index (χ0n) is 5.75. The van der Waals surface area contributed by atoms with Gasteiger partial charge in [0.15, 0.2) is 0 Å². The maximum Gasteiger partial charge on any atom is 0.148 e. The molecule has 2 atom stereocenters. The highest BCUT2D eigenvalue weighted by Gasteiger charge is 2.20. The minimum Gasteiger partial charge on any atom is -0.367 e. The van der Waals surface area contributed by atoms with Crippen molar-refractivity contribution in [2.45, 2.75) is 31.5 Å². The van der Waals surface area contributed by atoms with Crippen molar-refractivity contribution >= 4 is 22.2 Å². The van der Waals surface area contributed by atoms with Gasteiger partial charge in [-0.05, 0) is 19.3 Å². The van der Waals surface area contributed by atoms with E-state index in [1.165, 1.54) is 0 Å². The fourth-order valence-electron chi connectivity index (χ4n) is 1.14. The minimum absolute atomic E-state index is 0.142. The Kier molecular flexibility index (Phi) is 3.35. The molecule has 1 aliphatic heterocycles. The number of alkyl halides is 1. The third-order valence-electron chi connectivity index (χ3n) is 1.71. The van der Waals surface area contributed by atoms with E-state index >= 15 is 0 Å². The van der Waals surface area contributed by atoms with Gasteiger partial charge in [0.25, 0.3) is 0 Å². The standard InChI is InChI=1S/C7H11BrO2/c8-4-6-2-1-3-7(5-9)10-6/h5-7H,1-4H2. The van der Waals surface area contributed by atoms with Gasteiger partial charge >= 0.3 is 0 Å². The molecule has 2 unspecified atom stereocenters. The van der Waals surface area contributed by atoms with Crippen LogP contribution in [0.25, 0.3) is 0 Å². The van der Waals surface area contributed by atoms with Gasteiger partial charge in [-0.1, -0.05) is 15.9 Å². The molecule has 1 saturated heterocycles. The Morgan fingerprint density at radius 1 is 1.60 bits per heavy atom. The van der Waals surface area contributed by atoms with Crippen LogP contribution in [0.4, 0.5) is 0 Å². The van der Waals surface area contributed by atoms with E-state index in [-0.39, 0.29) is 12.2 Å². The second kappa shape index (κ2) is 4.09. The van der Waals surface area contributed by atoms with Crippen molar-refractivity contribution in [3.63, 3.8) is 0 Å². The van der Waals surface area contributed by atoms with Gasteiger partial charge in [0.2, 0.25) is 0 Å². The molecule has 1 fully saturated rings. The molecule has 58 valence electrons. The number of carbonyl (C=O) groups is 1. The van der Waals surface area contributed by atoms with Crippen LogP contribution in [-0.4, -0.2) is 23.8 Å². The van der Waals surface area contributed by atoms with E-state index < -0.39 is 0 Å². The lowest BCUT2D eigenvalue weighted by molar-refractivity contribution is -0.125. The molecule has 0 bridgehead atoms. The molecule has 10 heavy (non-hydrogen) atoms. The largest absolute Gasteiger partial charge is 0.367 e. The Balaban J connectivity index is 2.31. The van der Waals surface area contributed by atoms with Crippen LogP contribution < -0.4 is 0 Å². The number of hydrogen-bond donors (Lipinski definition) is 0. The summed E-state index contributed by atoms with van der Waals surface area (Å²) in [5.74, 6) is 0. The zero-order chi connectivity index (χ0) is 7.40. The Morgan fingerprint density at radius 3 is 3.00 bits per heavy atom. The third-order valence-corrected chi connectivity index (χ3v) is 2.43. The first-order valence-corrected chi connectivity index (χ1v) is 4.65. The van der Waals surface area contributed by atoms with Crippen LogP contribution in [-0.2, 0) is 9.53 Å². The van der Waals surface area contributed by atoms with Crippen molar-refractivity contribution < 1.29 is 9.53 Å². The van der Waals surface area contributed by atoms with Crippen LogP contribution in [0.5, 0.6) is 0 Å². The Bertz CT molecular complexity index is 116. The number of aldehydes is 1. The molecule has 0 aromatic rings. The fraction of sp³-hybridized carbons (Fsp3) is 0.857. The summed E-state index contributed by atoms with van der Waals surface area (Å²) in [5.41, 5.74) is 0. The summed E-state index contributed by atoms with van der Waals surface area (Å²) < 4.78 is 5.37. The van der Waals surface area contributed by atoms with Crippen molar-refractivity contribution in [3.8, 4) is 0 Å². The molecule has 1 aliphatic rings. The smallest absolute Gasteiger partial charge is 0.148 e. The van der Waals surface area contributed by atoms with Gasteiger partial charge in [0, 0.05) is 5.33 Å². The zero-order valence-corrected chi connectivity index (χ0v) is 7.34. The molecule has 1 rings (SSSR count). The average Bonchev–Trinajstić information content (AvgIpc) is 2.05. The predicted molar refractivity (Wildman–Crippen MR) is 42.4 cm³/mol. The lowest BCUT2D eigenvalue weighted by Gasteiger charge is -2.25. The van der Waals surface area contributed by atoms with E-state index in [1.807, 2.05) is 0 Å². The molecule has 0 N–H and O–H groups in total. The van der Waals surface area contributed by atoms with Gasteiger partial charge < -0.3 is 9.53 Å². The summed E-state index contributed by atoms with van der Waals surface area (Å²) in [6.07, 6.45) is 4.09. The first-order chi connectivity index (χ1) is 4.86. The van der Waals surface area contributed by atoms with E-state index in [1.54, 1.807) is 0 Å². The monoisotopic (exact) mass is 206 g/mol. The van der Waals surface area contributed by atoms with Gasteiger partial charge in [-0.25, -0.2) is 0 Å². The van der Waals surface area contributed by atoms with E-state index in [2.05, 4.69) is 15.9 Å². The predicted octanol–water partition coefficient (Wildman–Crippen LogP) is 1.52. The second-order valence-electron chi connectivity index (χ2n) is 2.52. The van der Waals surface area contributed by atoms with Gasteiger partial charge in [0.05, 0.1) is 6.10 Å². The molecule has 2 nitrogen and oxygen atoms in total. The molecule has 0 saturated carbocycles. The highest BCUT2D eigenvalue weighted by molar-refractivity contribution is 9.09. The molecule has 0 spiro atoms. The first-order valence-electron chi connectivity index (χ1n) is 3.53.